The molecule has 4 N–H and O–H groups in total. The van der Waals surface area contributed by atoms with Crippen LogP contribution in [-0.4, -0.2) is 11.5 Å². The Morgan fingerprint density at radius 1 is 1.42 bits per heavy atom. The van der Waals surface area contributed by atoms with E-state index in [1.165, 1.54) is 0 Å². The summed E-state index contributed by atoms with van der Waals surface area (Å²) in [7, 11) is 0. The molecule has 5 heteroatoms. The molecule has 1 rings (SSSR count). The van der Waals surface area contributed by atoms with Crippen LogP contribution in [0.15, 0.2) is 12.1 Å². The molecule has 12 heavy (non-hydrogen) atoms. The Morgan fingerprint density at radius 2 is 2.08 bits per heavy atom. The molecule has 0 spiro atoms. The number of hydrogen-bond donors (Lipinski definition) is 2. The minimum Gasteiger partial charge on any atom is -0.329 e. The highest BCUT2D eigenvalue weighted by Gasteiger charge is 2.09. The molecule has 1 aromatic rings. The lowest BCUT2D eigenvalue weighted by Gasteiger charge is -2.09. The highest BCUT2D eigenvalue weighted by atomic mass is 35.5. The van der Waals surface area contributed by atoms with E-state index in [2.05, 4.69) is 4.98 Å². The molecule has 1 heterocycles. The third kappa shape index (κ3) is 2.08. The number of pyridine rings is 1. The van der Waals surface area contributed by atoms with Gasteiger partial charge in [-0.15, -0.1) is 0 Å². The van der Waals surface area contributed by atoms with Crippen LogP contribution in [0.5, 0.6) is 0 Å². The number of aromatic nitrogens is 1. The molecular weight excluding hydrogens is 197 g/mol. The van der Waals surface area contributed by atoms with Gasteiger partial charge in [0.2, 0.25) is 0 Å². The van der Waals surface area contributed by atoms with Gasteiger partial charge in [0.1, 0.15) is 10.3 Å². The molecule has 0 amide bonds. The highest BCUT2D eigenvalue weighted by molar-refractivity contribution is 6.32. The summed E-state index contributed by atoms with van der Waals surface area (Å²) in [5.74, 6) is 0. The van der Waals surface area contributed by atoms with Crippen molar-refractivity contribution < 1.29 is 0 Å². The van der Waals surface area contributed by atoms with Crippen LogP contribution in [0.3, 0.4) is 0 Å². The third-order valence-corrected chi connectivity index (χ3v) is 2.01. The molecule has 1 unspecified atom stereocenters. The molecule has 66 valence electrons. The minimum atomic E-state index is -0.276. The monoisotopic (exact) mass is 205 g/mol. The number of nitrogens with zero attached hydrogens (tertiary/aromatic N) is 1. The summed E-state index contributed by atoms with van der Waals surface area (Å²) < 4.78 is 0. The van der Waals surface area contributed by atoms with Gasteiger partial charge >= 0.3 is 0 Å². The minimum absolute atomic E-state index is 0.276. The van der Waals surface area contributed by atoms with Crippen molar-refractivity contribution in [3.8, 4) is 0 Å². The average Bonchev–Trinajstić information content (AvgIpc) is 2.03. The Kier molecular flexibility index (Phi) is 3.29. The lowest BCUT2D eigenvalue weighted by atomic mass is 10.1. The van der Waals surface area contributed by atoms with Crippen LogP contribution >= 0.6 is 23.2 Å². The van der Waals surface area contributed by atoms with Crippen molar-refractivity contribution in [3.63, 3.8) is 0 Å². The third-order valence-electron chi connectivity index (χ3n) is 1.50. The quantitative estimate of drug-likeness (QED) is 0.717. The van der Waals surface area contributed by atoms with Gasteiger partial charge in [-0.1, -0.05) is 29.3 Å². The summed E-state index contributed by atoms with van der Waals surface area (Å²) in [5, 5.41) is 0.674. The molecule has 3 nitrogen and oxygen atoms in total. The van der Waals surface area contributed by atoms with Crippen LogP contribution in [0.1, 0.15) is 11.6 Å². The highest BCUT2D eigenvalue weighted by Crippen LogP contribution is 2.20. The molecule has 1 atom stereocenters. The van der Waals surface area contributed by atoms with E-state index < -0.39 is 0 Å². The maximum absolute atomic E-state index is 5.77. The largest absolute Gasteiger partial charge is 0.329 e. The van der Waals surface area contributed by atoms with Gasteiger partial charge in [0, 0.05) is 18.2 Å². The van der Waals surface area contributed by atoms with Crippen molar-refractivity contribution in [3.05, 3.63) is 28.0 Å². The number of hydrogen-bond acceptors (Lipinski definition) is 3. The van der Waals surface area contributed by atoms with Gasteiger partial charge < -0.3 is 11.5 Å². The van der Waals surface area contributed by atoms with Crippen LogP contribution in [0.2, 0.25) is 10.3 Å². The molecule has 0 saturated heterocycles. The smallest absolute Gasteiger partial charge is 0.135 e. The van der Waals surface area contributed by atoms with Gasteiger partial charge in [-0.05, 0) is 6.07 Å². The summed E-state index contributed by atoms with van der Waals surface area (Å²) in [6, 6.07) is 3.09. The summed E-state index contributed by atoms with van der Waals surface area (Å²) >= 11 is 11.4. The number of nitrogens with two attached hydrogens (primary N) is 2. The Bertz CT molecular complexity index is 277. The normalized spacial score (nSPS) is 13.0. The molecule has 0 aliphatic rings. The standard InChI is InChI=1S/C7H9Cl2N3/c8-6-2-1-4(5(11)3-10)7(9)12-6/h1-2,5H,3,10-11H2. The number of rotatable bonds is 2. The fraction of sp³-hybridized carbons (Fsp3) is 0.286. The van der Waals surface area contributed by atoms with Crippen molar-refractivity contribution in [2.75, 3.05) is 6.54 Å². The second-order valence-corrected chi connectivity index (χ2v) is 3.10. The van der Waals surface area contributed by atoms with Crippen molar-refractivity contribution >= 4 is 23.2 Å². The zero-order valence-electron chi connectivity index (χ0n) is 6.30. The topological polar surface area (TPSA) is 64.9 Å². The first-order chi connectivity index (χ1) is 5.65. The van der Waals surface area contributed by atoms with E-state index in [1.54, 1.807) is 12.1 Å². The molecule has 0 bridgehead atoms. The maximum atomic E-state index is 5.77. The fourth-order valence-corrected chi connectivity index (χ4v) is 1.31. The van der Waals surface area contributed by atoms with Crippen LogP contribution in [0, 0.1) is 0 Å². The molecule has 0 aliphatic heterocycles. The van der Waals surface area contributed by atoms with Gasteiger partial charge in [-0.2, -0.15) is 0 Å². The van der Waals surface area contributed by atoms with Crippen molar-refractivity contribution in [1.29, 1.82) is 0 Å². The summed E-state index contributed by atoms with van der Waals surface area (Å²) in [4.78, 5) is 3.84. The molecule has 0 radical (unpaired) electrons. The van der Waals surface area contributed by atoms with Gasteiger partial charge in [-0.25, -0.2) is 4.98 Å². The Hall–Kier alpha value is -0.350. The Labute approximate surface area is 80.7 Å². The lowest BCUT2D eigenvalue weighted by molar-refractivity contribution is 0.733. The summed E-state index contributed by atoms with van der Waals surface area (Å²) in [6.07, 6.45) is 0. The second kappa shape index (κ2) is 4.05. The van der Waals surface area contributed by atoms with Crippen LogP contribution in [0.4, 0.5) is 0 Å². The van der Waals surface area contributed by atoms with Gasteiger partial charge in [0.25, 0.3) is 0 Å². The Balaban J connectivity index is 3.01. The van der Waals surface area contributed by atoms with E-state index in [9.17, 15) is 0 Å². The van der Waals surface area contributed by atoms with E-state index in [0.717, 1.165) is 5.56 Å². The summed E-state index contributed by atoms with van der Waals surface area (Å²) in [5.41, 5.74) is 11.7. The summed E-state index contributed by atoms with van der Waals surface area (Å²) in [6.45, 7) is 0.336. The maximum Gasteiger partial charge on any atom is 0.135 e. The molecule has 0 saturated carbocycles. The molecule has 0 fully saturated rings. The van der Waals surface area contributed by atoms with E-state index in [4.69, 9.17) is 34.7 Å². The zero-order valence-corrected chi connectivity index (χ0v) is 7.81. The predicted octanol–water partition coefficient (Wildman–Crippen LogP) is 1.35. The van der Waals surface area contributed by atoms with Crippen LogP contribution < -0.4 is 11.5 Å². The SMILES string of the molecule is NCC(N)c1ccc(Cl)nc1Cl. The van der Waals surface area contributed by atoms with Crippen molar-refractivity contribution in [2.24, 2.45) is 11.5 Å². The lowest BCUT2D eigenvalue weighted by Crippen LogP contribution is -2.21. The molecule has 0 aliphatic carbocycles. The van der Waals surface area contributed by atoms with E-state index in [1.807, 2.05) is 0 Å². The van der Waals surface area contributed by atoms with Gasteiger partial charge in [-0.3, -0.25) is 0 Å². The first-order valence-electron chi connectivity index (χ1n) is 3.42. The molecule has 1 aromatic heterocycles. The number of halogens is 2. The second-order valence-electron chi connectivity index (χ2n) is 2.36. The zero-order chi connectivity index (χ0) is 9.14. The first-order valence-corrected chi connectivity index (χ1v) is 4.18. The van der Waals surface area contributed by atoms with Crippen LogP contribution in [0.25, 0.3) is 0 Å². The fourth-order valence-electron chi connectivity index (χ4n) is 0.826. The van der Waals surface area contributed by atoms with Gasteiger partial charge in [0.15, 0.2) is 0 Å². The first kappa shape index (κ1) is 9.74. The Morgan fingerprint density at radius 3 is 2.58 bits per heavy atom. The van der Waals surface area contributed by atoms with Gasteiger partial charge in [0.05, 0.1) is 0 Å². The van der Waals surface area contributed by atoms with Crippen molar-refractivity contribution in [1.82, 2.24) is 4.98 Å². The molecular formula is C7H9Cl2N3. The van der Waals surface area contributed by atoms with E-state index >= 15 is 0 Å². The average molecular weight is 206 g/mol. The molecule has 0 aromatic carbocycles. The van der Waals surface area contributed by atoms with E-state index in [-0.39, 0.29) is 6.04 Å². The predicted molar refractivity (Wildman–Crippen MR) is 50.2 cm³/mol. The van der Waals surface area contributed by atoms with Crippen molar-refractivity contribution in [2.45, 2.75) is 6.04 Å². The van der Waals surface area contributed by atoms with Crippen LogP contribution in [-0.2, 0) is 0 Å². The van der Waals surface area contributed by atoms with E-state index in [0.29, 0.717) is 16.9 Å².